The molecule has 0 aromatic carbocycles. The van der Waals surface area contributed by atoms with Crippen molar-refractivity contribution in [1.82, 2.24) is 0 Å². The van der Waals surface area contributed by atoms with Gasteiger partial charge in [0.2, 0.25) is 0 Å². The molecule has 88 valence electrons. The molecule has 0 fully saturated rings. The molecule has 0 heterocycles. The molecule has 0 aromatic heterocycles. The Bertz CT molecular complexity index is 333. The lowest BCUT2D eigenvalue weighted by molar-refractivity contribution is 1.06. The molecule has 0 aliphatic heterocycles. The molecule has 16 heavy (non-hydrogen) atoms. The Hall–Kier alpha value is -1.30. The first kappa shape index (κ1) is 14.7. The van der Waals surface area contributed by atoms with Crippen molar-refractivity contribution in [3.05, 3.63) is 59.3 Å². The first-order valence-electron chi connectivity index (χ1n) is 5.96. The predicted octanol–water partition coefficient (Wildman–Crippen LogP) is 5.37. The van der Waals surface area contributed by atoms with E-state index >= 15 is 0 Å². The van der Waals surface area contributed by atoms with Crippen molar-refractivity contribution < 1.29 is 0 Å². The fourth-order valence-corrected chi connectivity index (χ4v) is 1.29. The number of hydrogen-bond donors (Lipinski definition) is 0. The van der Waals surface area contributed by atoms with Crippen molar-refractivity contribution in [2.75, 3.05) is 0 Å². The Morgan fingerprint density at radius 2 is 1.56 bits per heavy atom. The summed E-state index contributed by atoms with van der Waals surface area (Å²) in [6, 6.07) is 0. The fourth-order valence-electron chi connectivity index (χ4n) is 1.29. The van der Waals surface area contributed by atoms with E-state index in [-0.39, 0.29) is 0 Å². The molecule has 0 saturated carbocycles. The lowest BCUT2D eigenvalue weighted by atomic mass is 10.00. The van der Waals surface area contributed by atoms with Crippen LogP contribution in [-0.4, -0.2) is 0 Å². The minimum Gasteiger partial charge on any atom is -0.0877 e. The molecule has 0 spiro atoms. The summed E-state index contributed by atoms with van der Waals surface area (Å²) in [7, 11) is 0. The minimum absolute atomic E-state index is 1.11. The van der Waals surface area contributed by atoms with Gasteiger partial charge in [0.15, 0.2) is 0 Å². The molecule has 0 heteroatoms. The Labute approximate surface area is 101 Å². The standard InChI is InChI=1S/C16H24/c1-6-9-11-13-16(12-10-7-2)15(5)14(4)8-3/h6-7,9-13H,8H2,1-5H3/b9-6-,10-7-,13-11-,15-14+,16-12-. The van der Waals surface area contributed by atoms with Gasteiger partial charge in [-0.1, -0.05) is 55.0 Å². The van der Waals surface area contributed by atoms with Crippen LogP contribution in [0.4, 0.5) is 0 Å². The number of hydrogen-bond acceptors (Lipinski definition) is 0. The maximum Gasteiger partial charge on any atom is -0.0228 e. The van der Waals surface area contributed by atoms with Gasteiger partial charge in [0, 0.05) is 0 Å². The topological polar surface area (TPSA) is 0 Å². The first-order valence-corrected chi connectivity index (χ1v) is 5.96. The van der Waals surface area contributed by atoms with Crippen LogP contribution in [0.1, 0.15) is 41.0 Å². The van der Waals surface area contributed by atoms with Crippen molar-refractivity contribution in [2.24, 2.45) is 0 Å². The van der Waals surface area contributed by atoms with Crippen LogP contribution in [0.2, 0.25) is 0 Å². The summed E-state index contributed by atoms with van der Waals surface area (Å²) >= 11 is 0. The SMILES string of the molecule is C/C=C\C=C/C(=C/C=C\C)C(/C)=C(\C)CC. The zero-order valence-electron chi connectivity index (χ0n) is 11.2. The lowest BCUT2D eigenvalue weighted by Crippen LogP contribution is -1.86. The molecule has 0 aromatic rings. The van der Waals surface area contributed by atoms with Crippen molar-refractivity contribution in [3.63, 3.8) is 0 Å². The average molecular weight is 216 g/mol. The van der Waals surface area contributed by atoms with Gasteiger partial charge in [-0.2, -0.15) is 0 Å². The highest BCUT2D eigenvalue weighted by Crippen LogP contribution is 2.18. The molecule has 0 amide bonds. The van der Waals surface area contributed by atoms with Crippen LogP contribution in [0, 0.1) is 0 Å². The molecular weight excluding hydrogens is 192 g/mol. The smallest absolute Gasteiger partial charge is 0.0228 e. The van der Waals surface area contributed by atoms with E-state index in [9.17, 15) is 0 Å². The van der Waals surface area contributed by atoms with E-state index in [4.69, 9.17) is 0 Å². The molecule has 0 bridgehead atoms. The highest BCUT2D eigenvalue weighted by atomic mass is 14.0. The summed E-state index contributed by atoms with van der Waals surface area (Å²) in [5.74, 6) is 0. The maximum atomic E-state index is 2.20. The maximum absolute atomic E-state index is 2.20. The zero-order chi connectivity index (χ0) is 12.4. The highest BCUT2D eigenvalue weighted by molar-refractivity contribution is 5.43. The summed E-state index contributed by atoms with van der Waals surface area (Å²) in [5.41, 5.74) is 4.11. The largest absolute Gasteiger partial charge is 0.0877 e. The summed E-state index contributed by atoms with van der Waals surface area (Å²) < 4.78 is 0. The van der Waals surface area contributed by atoms with Crippen LogP contribution >= 0.6 is 0 Å². The minimum atomic E-state index is 1.11. The van der Waals surface area contributed by atoms with E-state index in [1.165, 1.54) is 16.7 Å². The second-order valence-electron chi connectivity index (χ2n) is 3.79. The van der Waals surface area contributed by atoms with E-state index < -0.39 is 0 Å². The van der Waals surface area contributed by atoms with Gasteiger partial charge in [-0.05, 0) is 45.3 Å². The van der Waals surface area contributed by atoms with Crippen LogP contribution in [0.3, 0.4) is 0 Å². The molecule has 0 saturated heterocycles. The highest BCUT2D eigenvalue weighted by Gasteiger charge is 1.98. The van der Waals surface area contributed by atoms with Crippen molar-refractivity contribution in [2.45, 2.75) is 41.0 Å². The van der Waals surface area contributed by atoms with Crippen molar-refractivity contribution >= 4 is 0 Å². The Morgan fingerprint density at radius 1 is 0.938 bits per heavy atom. The summed E-state index contributed by atoms with van der Waals surface area (Å²) in [5, 5.41) is 0. The zero-order valence-corrected chi connectivity index (χ0v) is 11.2. The van der Waals surface area contributed by atoms with Crippen LogP contribution in [0.25, 0.3) is 0 Å². The van der Waals surface area contributed by atoms with E-state index in [0.717, 1.165) is 6.42 Å². The van der Waals surface area contributed by atoms with Gasteiger partial charge < -0.3 is 0 Å². The Balaban J connectivity index is 5.10. The van der Waals surface area contributed by atoms with Gasteiger partial charge in [0.05, 0.1) is 0 Å². The van der Waals surface area contributed by atoms with E-state index in [2.05, 4.69) is 57.2 Å². The molecule has 0 aliphatic carbocycles. The molecule has 0 nitrogen and oxygen atoms in total. The quantitative estimate of drug-likeness (QED) is 0.542. The van der Waals surface area contributed by atoms with Crippen molar-refractivity contribution in [3.8, 4) is 0 Å². The van der Waals surface area contributed by atoms with Gasteiger partial charge in [0.25, 0.3) is 0 Å². The van der Waals surface area contributed by atoms with Crippen LogP contribution in [0.5, 0.6) is 0 Å². The van der Waals surface area contributed by atoms with Gasteiger partial charge in [-0.15, -0.1) is 0 Å². The Kier molecular flexibility index (Phi) is 8.24. The second kappa shape index (κ2) is 8.96. The summed E-state index contributed by atoms with van der Waals surface area (Å²) in [6.45, 7) is 10.6. The molecule has 0 N–H and O–H groups in total. The normalized spacial score (nSPS) is 15.4. The molecule has 0 radical (unpaired) electrons. The molecule has 0 unspecified atom stereocenters. The first-order chi connectivity index (χ1) is 7.67. The van der Waals surface area contributed by atoms with E-state index in [1.54, 1.807) is 0 Å². The molecule has 0 rings (SSSR count). The summed E-state index contributed by atoms with van der Waals surface area (Å²) in [6.07, 6.45) is 15.7. The van der Waals surface area contributed by atoms with Gasteiger partial charge in [-0.3, -0.25) is 0 Å². The molecule has 0 atom stereocenters. The molecular formula is C16H24. The Morgan fingerprint density at radius 3 is 2.06 bits per heavy atom. The van der Waals surface area contributed by atoms with Crippen molar-refractivity contribution in [1.29, 1.82) is 0 Å². The third kappa shape index (κ3) is 5.55. The second-order valence-corrected chi connectivity index (χ2v) is 3.79. The van der Waals surface area contributed by atoms with Gasteiger partial charge in [0.1, 0.15) is 0 Å². The fraction of sp³-hybridized carbons (Fsp3) is 0.375. The third-order valence-electron chi connectivity index (χ3n) is 2.65. The third-order valence-corrected chi connectivity index (χ3v) is 2.65. The van der Waals surface area contributed by atoms with Crippen LogP contribution < -0.4 is 0 Å². The monoisotopic (exact) mass is 216 g/mol. The number of allylic oxidation sites excluding steroid dienone is 10. The van der Waals surface area contributed by atoms with E-state index in [1.807, 2.05) is 19.9 Å². The molecule has 0 aliphatic rings. The van der Waals surface area contributed by atoms with E-state index in [0.29, 0.717) is 0 Å². The van der Waals surface area contributed by atoms with Gasteiger partial charge >= 0.3 is 0 Å². The lowest BCUT2D eigenvalue weighted by Gasteiger charge is -2.06. The average Bonchev–Trinajstić information content (AvgIpc) is 2.31. The summed E-state index contributed by atoms with van der Waals surface area (Å²) in [4.78, 5) is 0. The van der Waals surface area contributed by atoms with Crippen LogP contribution in [-0.2, 0) is 0 Å². The number of rotatable bonds is 5. The van der Waals surface area contributed by atoms with Gasteiger partial charge in [-0.25, -0.2) is 0 Å². The van der Waals surface area contributed by atoms with Crippen LogP contribution in [0.15, 0.2) is 59.3 Å². The predicted molar refractivity (Wildman–Crippen MR) is 75.5 cm³/mol.